The average molecular weight is 251 g/mol. The van der Waals surface area contributed by atoms with Gasteiger partial charge in [0.05, 0.1) is 5.75 Å². The number of carbonyl (C=O) groups is 1. The molecule has 2 unspecified atom stereocenters. The van der Waals surface area contributed by atoms with E-state index in [1.165, 1.54) is 0 Å². The SMILES string of the molecule is CCCCS(=O)(=O)NC(C(=O)O)C(C)CC. The Labute approximate surface area is 97.3 Å². The maximum Gasteiger partial charge on any atom is 0.322 e. The fourth-order valence-electron chi connectivity index (χ4n) is 1.23. The molecule has 16 heavy (non-hydrogen) atoms. The zero-order valence-corrected chi connectivity index (χ0v) is 10.9. The van der Waals surface area contributed by atoms with Gasteiger partial charge in [0.15, 0.2) is 0 Å². The molecular weight excluding hydrogens is 230 g/mol. The largest absolute Gasteiger partial charge is 0.480 e. The highest BCUT2D eigenvalue weighted by atomic mass is 32.2. The minimum atomic E-state index is -3.47. The number of carboxylic acid groups (broad SMARTS) is 1. The predicted molar refractivity (Wildman–Crippen MR) is 62.7 cm³/mol. The topological polar surface area (TPSA) is 83.5 Å². The first-order valence-corrected chi connectivity index (χ1v) is 7.22. The van der Waals surface area contributed by atoms with Crippen LogP contribution >= 0.6 is 0 Å². The van der Waals surface area contributed by atoms with Crippen molar-refractivity contribution in [1.82, 2.24) is 4.72 Å². The molecule has 0 aliphatic heterocycles. The molecule has 0 aromatic heterocycles. The average Bonchev–Trinajstić information content (AvgIpc) is 2.22. The monoisotopic (exact) mass is 251 g/mol. The van der Waals surface area contributed by atoms with E-state index >= 15 is 0 Å². The van der Waals surface area contributed by atoms with Gasteiger partial charge in [-0.3, -0.25) is 4.79 Å². The molecule has 0 heterocycles. The molecule has 0 bridgehead atoms. The van der Waals surface area contributed by atoms with Gasteiger partial charge in [-0.05, 0) is 12.3 Å². The van der Waals surface area contributed by atoms with Crippen molar-refractivity contribution in [3.8, 4) is 0 Å². The summed E-state index contributed by atoms with van der Waals surface area (Å²) in [6, 6.07) is -1.02. The van der Waals surface area contributed by atoms with E-state index in [1.54, 1.807) is 6.92 Å². The molecule has 0 aromatic carbocycles. The number of hydrogen-bond acceptors (Lipinski definition) is 3. The lowest BCUT2D eigenvalue weighted by atomic mass is 10.0. The van der Waals surface area contributed by atoms with Crippen LogP contribution in [0.4, 0.5) is 0 Å². The van der Waals surface area contributed by atoms with Gasteiger partial charge in [-0.15, -0.1) is 0 Å². The van der Waals surface area contributed by atoms with Crippen molar-refractivity contribution < 1.29 is 18.3 Å². The summed E-state index contributed by atoms with van der Waals surface area (Å²) in [5.41, 5.74) is 0. The van der Waals surface area contributed by atoms with Gasteiger partial charge in [0.1, 0.15) is 6.04 Å². The van der Waals surface area contributed by atoms with Crippen LogP contribution in [-0.4, -0.2) is 31.3 Å². The van der Waals surface area contributed by atoms with Gasteiger partial charge in [0.25, 0.3) is 0 Å². The second-order valence-electron chi connectivity index (χ2n) is 3.99. The Balaban J connectivity index is 4.57. The summed E-state index contributed by atoms with van der Waals surface area (Å²) in [4.78, 5) is 10.9. The van der Waals surface area contributed by atoms with Crippen molar-refractivity contribution >= 4 is 16.0 Å². The Morgan fingerprint density at radius 2 is 1.94 bits per heavy atom. The Morgan fingerprint density at radius 3 is 2.31 bits per heavy atom. The van der Waals surface area contributed by atoms with E-state index in [0.717, 1.165) is 6.42 Å². The van der Waals surface area contributed by atoms with Gasteiger partial charge in [0, 0.05) is 0 Å². The third-order valence-electron chi connectivity index (χ3n) is 2.55. The lowest BCUT2D eigenvalue weighted by Gasteiger charge is -2.19. The second kappa shape index (κ2) is 6.85. The number of carboxylic acids is 1. The molecule has 6 heteroatoms. The van der Waals surface area contributed by atoms with Gasteiger partial charge >= 0.3 is 5.97 Å². The molecule has 0 fully saturated rings. The highest BCUT2D eigenvalue weighted by molar-refractivity contribution is 7.89. The molecule has 2 atom stereocenters. The molecule has 0 aliphatic rings. The maximum atomic E-state index is 11.6. The zero-order chi connectivity index (χ0) is 12.8. The maximum absolute atomic E-state index is 11.6. The van der Waals surface area contributed by atoms with Crippen LogP contribution < -0.4 is 4.72 Å². The molecule has 0 saturated carbocycles. The Kier molecular flexibility index (Phi) is 6.59. The molecule has 0 rings (SSSR count). The molecule has 0 amide bonds. The first kappa shape index (κ1) is 15.4. The molecule has 0 aliphatic carbocycles. The number of rotatable bonds is 8. The second-order valence-corrected chi connectivity index (χ2v) is 5.87. The summed E-state index contributed by atoms with van der Waals surface area (Å²) in [7, 11) is -3.47. The highest BCUT2D eigenvalue weighted by Gasteiger charge is 2.27. The third-order valence-corrected chi connectivity index (χ3v) is 3.99. The number of unbranched alkanes of at least 4 members (excludes halogenated alkanes) is 1. The fourth-order valence-corrected chi connectivity index (χ4v) is 2.74. The van der Waals surface area contributed by atoms with Crippen molar-refractivity contribution in [3.05, 3.63) is 0 Å². The van der Waals surface area contributed by atoms with E-state index in [-0.39, 0.29) is 11.7 Å². The van der Waals surface area contributed by atoms with E-state index in [4.69, 9.17) is 5.11 Å². The molecule has 0 aromatic rings. The van der Waals surface area contributed by atoms with Crippen LogP contribution in [-0.2, 0) is 14.8 Å². The summed E-state index contributed by atoms with van der Waals surface area (Å²) in [6.07, 6.45) is 1.93. The number of sulfonamides is 1. The van der Waals surface area contributed by atoms with E-state index < -0.39 is 22.0 Å². The first-order chi connectivity index (χ1) is 7.34. The number of hydrogen-bond donors (Lipinski definition) is 2. The standard InChI is InChI=1S/C10H21NO4S/c1-4-6-7-16(14,15)11-9(10(12)13)8(3)5-2/h8-9,11H,4-7H2,1-3H3,(H,12,13). The van der Waals surface area contributed by atoms with Gasteiger partial charge in [0.2, 0.25) is 10.0 Å². The Bertz CT molecular complexity index is 313. The molecule has 96 valence electrons. The Hall–Kier alpha value is -0.620. The van der Waals surface area contributed by atoms with Crippen LogP contribution in [0.25, 0.3) is 0 Å². The smallest absolute Gasteiger partial charge is 0.322 e. The van der Waals surface area contributed by atoms with Gasteiger partial charge < -0.3 is 5.11 Å². The molecule has 2 N–H and O–H groups in total. The van der Waals surface area contributed by atoms with Crippen LogP contribution in [0.1, 0.15) is 40.0 Å². The molecule has 5 nitrogen and oxygen atoms in total. The lowest BCUT2D eigenvalue weighted by Crippen LogP contribution is -2.45. The third kappa shape index (κ3) is 5.46. The van der Waals surface area contributed by atoms with Crippen molar-refractivity contribution in [1.29, 1.82) is 0 Å². The first-order valence-electron chi connectivity index (χ1n) is 5.56. The molecule has 0 saturated heterocycles. The van der Waals surface area contributed by atoms with Crippen LogP contribution in [0.15, 0.2) is 0 Å². The van der Waals surface area contributed by atoms with Gasteiger partial charge in [-0.25, -0.2) is 13.1 Å². The highest BCUT2D eigenvalue weighted by Crippen LogP contribution is 2.09. The lowest BCUT2D eigenvalue weighted by molar-refractivity contribution is -0.140. The van der Waals surface area contributed by atoms with Crippen LogP contribution in [0.3, 0.4) is 0 Å². The summed E-state index contributed by atoms with van der Waals surface area (Å²) in [5, 5.41) is 8.94. The van der Waals surface area contributed by atoms with Gasteiger partial charge in [-0.2, -0.15) is 0 Å². The summed E-state index contributed by atoms with van der Waals surface area (Å²) < 4.78 is 25.4. The quantitative estimate of drug-likeness (QED) is 0.679. The predicted octanol–water partition coefficient (Wildman–Crippen LogP) is 1.21. The van der Waals surface area contributed by atoms with Crippen molar-refractivity contribution in [3.63, 3.8) is 0 Å². The van der Waals surface area contributed by atoms with Crippen molar-refractivity contribution in [2.75, 3.05) is 5.75 Å². The molecular formula is C10H21NO4S. The van der Waals surface area contributed by atoms with E-state index in [0.29, 0.717) is 12.8 Å². The van der Waals surface area contributed by atoms with Crippen LogP contribution in [0.2, 0.25) is 0 Å². The van der Waals surface area contributed by atoms with Crippen LogP contribution in [0.5, 0.6) is 0 Å². The number of nitrogens with one attached hydrogen (secondary N) is 1. The minimum absolute atomic E-state index is 0.0102. The Morgan fingerprint density at radius 1 is 1.38 bits per heavy atom. The van der Waals surface area contributed by atoms with Gasteiger partial charge in [-0.1, -0.05) is 33.6 Å². The van der Waals surface area contributed by atoms with E-state index in [2.05, 4.69) is 4.72 Å². The number of aliphatic carboxylic acids is 1. The normalized spacial score (nSPS) is 15.7. The molecule has 0 radical (unpaired) electrons. The molecule has 0 spiro atoms. The van der Waals surface area contributed by atoms with E-state index in [1.807, 2.05) is 13.8 Å². The zero-order valence-electron chi connectivity index (χ0n) is 10.1. The summed E-state index contributed by atoms with van der Waals surface area (Å²) in [5.74, 6) is -1.34. The van der Waals surface area contributed by atoms with E-state index in [9.17, 15) is 13.2 Å². The fraction of sp³-hybridized carbons (Fsp3) is 0.900. The summed E-state index contributed by atoms with van der Waals surface area (Å²) >= 11 is 0. The summed E-state index contributed by atoms with van der Waals surface area (Å²) in [6.45, 7) is 5.45. The van der Waals surface area contributed by atoms with Crippen molar-refractivity contribution in [2.24, 2.45) is 5.92 Å². The van der Waals surface area contributed by atoms with Crippen LogP contribution in [0, 0.1) is 5.92 Å². The minimum Gasteiger partial charge on any atom is -0.480 e. The van der Waals surface area contributed by atoms with Crippen molar-refractivity contribution in [2.45, 2.75) is 46.1 Å².